The second-order valence-corrected chi connectivity index (χ2v) is 7.77. The molecule has 0 aliphatic heterocycles. The molecular formula is C19H17N5O3S. The number of hydrogen-bond acceptors (Lipinski definition) is 6. The van der Waals surface area contributed by atoms with Crippen LogP contribution < -0.4 is 10.5 Å². The predicted octanol–water partition coefficient (Wildman–Crippen LogP) is 2.36. The molecule has 4 N–H and O–H groups in total. The van der Waals surface area contributed by atoms with E-state index in [1.807, 2.05) is 16.5 Å². The van der Waals surface area contributed by atoms with Crippen LogP contribution in [-0.2, 0) is 16.6 Å². The van der Waals surface area contributed by atoms with E-state index in [1.165, 1.54) is 12.1 Å². The van der Waals surface area contributed by atoms with Crippen LogP contribution in [0.4, 0.5) is 5.82 Å². The molecule has 0 fully saturated rings. The second-order valence-electron chi connectivity index (χ2n) is 6.21. The maximum absolute atomic E-state index is 11.5. The largest absolute Gasteiger partial charge is 0.508 e. The molecule has 8 nitrogen and oxygen atoms in total. The Bertz CT molecular complexity index is 1250. The van der Waals surface area contributed by atoms with Crippen molar-refractivity contribution in [2.24, 2.45) is 5.14 Å². The molecule has 0 aliphatic rings. The number of phenolic OH excluding ortho intramolecular Hbond substituents is 1. The number of imidazole rings is 1. The molecule has 0 spiro atoms. The van der Waals surface area contributed by atoms with Crippen molar-refractivity contribution >= 4 is 21.5 Å². The van der Waals surface area contributed by atoms with Crippen LogP contribution in [0.15, 0.2) is 72.0 Å². The van der Waals surface area contributed by atoms with Gasteiger partial charge in [0.2, 0.25) is 10.0 Å². The molecule has 28 heavy (non-hydrogen) atoms. The van der Waals surface area contributed by atoms with Crippen LogP contribution >= 0.6 is 0 Å². The molecule has 0 atom stereocenters. The molecular weight excluding hydrogens is 378 g/mol. The van der Waals surface area contributed by atoms with E-state index in [-0.39, 0.29) is 10.6 Å². The summed E-state index contributed by atoms with van der Waals surface area (Å²) < 4.78 is 24.9. The van der Waals surface area contributed by atoms with Crippen molar-refractivity contribution in [2.75, 3.05) is 5.32 Å². The lowest BCUT2D eigenvalue weighted by atomic mass is 10.1. The monoisotopic (exact) mass is 395 g/mol. The van der Waals surface area contributed by atoms with E-state index in [9.17, 15) is 13.5 Å². The van der Waals surface area contributed by atoms with Gasteiger partial charge in [-0.15, -0.1) is 0 Å². The second kappa shape index (κ2) is 6.95. The number of aromatic nitrogens is 3. The van der Waals surface area contributed by atoms with Crippen LogP contribution in [0.1, 0.15) is 5.56 Å². The van der Waals surface area contributed by atoms with Crippen molar-refractivity contribution in [1.29, 1.82) is 0 Å². The molecule has 2 aromatic heterocycles. The topological polar surface area (TPSA) is 123 Å². The summed E-state index contributed by atoms with van der Waals surface area (Å²) in [7, 11) is -3.75. The zero-order chi connectivity index (χ0) is 19.7. The molecule has 0 bridgehead atoms. The first kappa shape index (κ1) is 18.0. The van der Waals surface area contributed by atoms with Crippen molar-refractivity contribution < 1.29 is 13.5 Å². The Morgan fingerprint density at radius 1 is 1.11 bits per heavy atom. The van der Waals surface area contributed by atoms with Crippen molar-refractivity contribution in [3.05, 3.63) is 72.7 Å². The highest BCUT2D eigenvalue weighted by atomic mass is 32.2. The van der Waals surface area contributed by atoms with Gasteiger partial charge in [0.25, 0.3) is 0 Å². The number of rotatable bonds is 5. The lowest BCUT2D eigenvalue weighted by Crippen LogP contribution is -2.12. The first-order chi connectivity index (χ1) is 13.4. The van der Waals surface area contributed by atoms with Crippen molar-refractivity contribution in [3.63, 3.8) is 0 Å². The van der Waals surface area contributed by atoms with Crippen LogP contribution in [0.25, 0.3) is 16.9 Å². The molecule has 0 aliphatic carbocycles. The van der Waals surface area contributed by atoms with Gasteiger partial charge in [-0.2, -0.15) is 0 Å². The van der Waals surface area contributed by atoms with Gasteiger partial charge in [-0.3, -0.25) is 4.40 Å². The minimum atomic E-state index is -3.75. The first-order valence-electron chi connectivity index (χ1n) is 8.39. The maximum Gasteiger partial charge on any atom is 0.238 e. The molecule has 0 unspecified atom stereocenters. The van der Waals surface area contributed by atoms with Gasteiger partial charge >= 0.3 is 0 Å². The van der Waals surface area contributed by atoms with Gasteiger partial charge in [-0.05, 0) is 42.0 Å². The zero-order valence-electron chi connectivity index (χ0n) is 14.6. The fourth-order valence-electron chi connectivity index (χ4n) is 2.91. The van der Waals surface area contributed by atoms with Crippen LogP contribution in [0.2, 0.25) is 0 Å². The highest BCUT2D eigenvalue weighted by Crippen LogP contribution is 2.25. The van der Waals surface area contributed by atoms with Gasteiger partial charge in [0, 0.05) is 24.5 Å². The third-order valence-corrected chi connectivity index (χ3v) is 5.19. The van der Waals surface area contributed by atoms with Crippen molar-refractivity contribution in [1.82, 2.24) is 14.4 Å². The molecule has 0 radical (unpaired) electrons. The summed E-state index contributed by atoms with van der Waals surface area (Å²) in [4.78, 5) is 8.85. The molecule has 0 saturated carbocycles. The van der Waals surface area contributed by atoms with Gasteiger partial charge in [0.05, 0.1) is 16.8 Å². The molecule has 2 heterocycles. The maximum atomic E-state index is 11.5. The number of fused-ring (bicyclic) bond motifs is 1. The van der Waals surface area contributed by atoms with Crippen LogP contribution in [0, 0.1) is 0 Å². The quantitative estimate of drug-likeness (QED) is 0.477. The zero-order valence-corrected chi connectivity index (χ0v) is 15.5. The van der Waals surface area contributed by atoms with E-state index in [2.05, 4.69) is 15.3 Å². The number of nitrogens with zero attached hydrogens (tertiary/aromatic N) is 3. The van der Waals surface area contributed by atoms with Crippen molar-refractivity contribution in [3.8, 4) is 17.0 Å². The number of phenols is 1. The van der Waals surface area contributed by atoms with Crippen LogP contribution in [0.5, 0.6) is 5.75 Å². The fourth-order valence-corrected chi connectivity index (χ4v) is 3.49. The summed E-state index contributed by atoms with van der Waals surface area (Å²) in [6.45, 7) is 0.359. The number of aromatic hydroxyl groups is 1. The standard InChI is InChI=1S/C19H17N5O3S/c20-28(26,27)16-3-1-2-13(10-16)11-22-18-19-23-12-17(24(19)9-8-21-18)14-4-6-15(25)7-5-14/h1-10,12,25H,11H2,(H,21,22)(H2,20,26,27). The molecule has 9 heteroatoms. The van der Waals surface area contributed by atoms with E-state index in [0.717, 1.165) is 16.8 Å². The Labute approximate surface area is 161 Å². The summed E-state index contributed by atoms with van der Waals surface area (Å²) in [6, 6.07) is 13.3. The van der Waals surface area contributed by atoms with E-state index < -0.39 is 10.0 Å². The normalized spacial score (nSPS) is 11.6. The number of nitrogens with one attached hydrogen (secondary N) is 1. The summed E-state index contributed by atoms with van der Waals surface area (Å²) in [5.74, 6) is 0.761. The average Bonchev–Trinajstić information content (AvgIpc) is 3.11. The fraction of sp³-hybridized carbons (Fsp3) is 0.0526. The van der Waals surface area contributed by atoms with E-state index >= 15 is 0 Å². The van der Waals surface area contributed by atoms with Gasteiger partial charge in [0.1, 0.15) is 5.75 Å². The number of nitrogens with two attached hydrogens (primary N) is 1. The Morgan fingerprint density at radius 3 is 2.64 bits per heavy atom. The van der Waals surface area contributed by atoms with Gasteiger partial charge < -0.3 is 10.4 Å². The molecule has 2 aromatic carbocycles. The predicted molar refractivity (Wildman–Crippen MR) is 105 cm³/mol. The first-order valence-corrected chi connectivity index (χ1v) is 9.93. The lowest BCUT2D eigenvalue weighted by molar-refractivity contribution is 0.475. The number of anilines is 1. The van der Waals surface area contributed by atoms with E-state index in [4.69, 9.17) is 5.14 Å². The summed E-state index contributed by atoms with van der Waals surface area (Å²) in [6.07, 6.45) is 5.19. The highest BCUT2D eigenvalue weighted by molar-refractivity contribution is 7.89. The Kier molecular flexibility index (Phi) is 4.46. The molecule has 0 saturated heterocycles. The van der Waals surface area contributed by atoms with E-state index in [0.29, 0.717) is 18.0 Å². The summed E-state index contributed by atoms with van der Waals surface area (Å²) in [5.41, 5.74) is 3.15. The number of benzene rings is 2. The van der Waals surface area contributed by atoms with Crippen molar-refractivity contribution in [2.45, 2.75) is 11.4 Å². The lowest BCUT2D eigenvalue weighted by Gasteiger charge is -2.09. The molecule has 142 valence electrons. The van der Waals surface area contributed by atoms with Gasteiger partial charge in [-0.25, -0.2) is 23.5 Å². The highest BCUT2D eigenvalue weighted by Gasteiger charge is 2.11. The molecule has 4 aromatic rings. The van der Waals surface area contributed by atoms with Crippen LogP contribution in [-0.4, -0.2) is 27.9 Å². The number of primary sulfonamides is 1. The smallest absolute Gasteiger partial charge is 0.238 e. The van der Waals surface area contributed by atoms with E-state index in [1.54, 1.807) is 42.9 Å². The van der Waals surface area contributed by atoms with Crippen LogP contribution in [0.3, 0.4) is 0 Å². The average molecular weight is 395 g/mol. The minimum Gasteiger partial charge on any atom is -0.508 e. The Morgan fingerprint density at radius 2 is 1.89 bits per heavy atom. The molecule has 4 rings (SSSR count). The molecule has 0 amide bonds. The number of hydrogen-bond donors (Lipinski definition) is 3. The summed E-state index contributed by atoms with van der Waals surface area (Å²) in [5, 5.41) is 17.8. The third-order valence-electron chi connectivity index (χ3n) is 4.28. The third kappa shape index (κ3) is 3.53. The Hall–Kier alpha value is -3.43. The number of sulfonamides is 1. The van der Waals surface area contributed by atoms with Gasteiger partial charge in [0.15, 0.2) is 11.5 Å². The minimum absolute atomic E-state index is 0.0633. The van der Waals surface area contributed by atoms with Gasteiger partial charge in [-0.1, -0.05) is 12.1 Å². The Balaban J connectivity index is 1.63. The SMILES string of the molecule is NS(=O)(=O)c1cccc(CNc2nccn3c(-c4ccc(O)cc4)cnc23)c1. The summed E-state index contributed by atoms with van der Waals surface area (Å²) >= 11 is 0.